The zero-order valence-electron chi connectivity index (χ0n) is 8.29. The maximum atomic E-state index is 8.67. The van der Waals surface area contributed by atoms with Gasteiger partial charge in [0.1, 0.15) is 5.76 Å². The smallest absolute Gasteiger partial charge is 0.136 e. The van der Waals surface area contributed by atoms with E-state index in [1.54, 1.807) is 6.08 Å². The van der Waals surface area contributed by atoms with Gasteiger partial charge in [0.2, 0.25) is 0 Å². The molecule has 3 heteroatoms. The summed E-state index contributed by atoms with van der Waals surface area (Å²) in [4.78, 5) is 0. The van der Waals surface area contributed by atoms with E-state index in [1.807, 2.05) is 20.8 Å². The van der Waals surface area contributed by atoms with Crippen LogP contribution in [0.5, 0.6) is 0 Å². The van der Waals surface area contributed by atoms with Crippen LogP contribution in [0.15, 0.2) is 16.2 Å². The SMILES string of the molecule is CC(=CCO)Cc1noc(C)c1C. The van der Waals surface area contributed by atoms with Gasteiger partial charge < -0.3 is 9.63 Å². The fourth-order valence-electron chi connectivity index (χ4n) is 1.12. The highest BCUT2D eigenvalue weighted by Crippen LogP contribution is 2.14. The van der Waals surface area contributed by atoms with Gasteiger partial charge in [0.15, 0.2) is 0 Å². The molecule has 0 saturated heterocycles. The van der Waals surface area contributed by atoms with Gasteiger partial charge in [-0.1, -0.05) is 16.8 Å². The first-order valence-corrected chi connectivity index (χ1v) is 4.33. The standard InChI is InChI=1S/C10H15NO2/c1-7(4-5-12)6-10-8(2)9(3)13-11-10/h4,12H,5-6H2,1-3H3. The summed E-state index contributed by atoms with van der Waals surface area (Å²) in [5.74, 6) is 0.867. The number of hydrogen-bond donors (Lipinski definition) is 1. The Morgan fingerprint density at radius 2 is 2.23 bits per heavy atom. The van der Waals surface area contributed by atoms with Crippen molar-refractivity contribution in [2.75, 3.05) is 6.61 Å². The van der Waals surface area contributed by atoms with E-state index < -0.39 is 0 Å². The van der Waals surface area contributed by atoms with Crippen LogP contribution in [-0.4, -0.2) is 16.9 Å². The molecule has 0 aliphatic rings. The molecule has 1 aromatic rings. The number of aryl methyl sites for hydroxylation is 1. The number of aromatic nitrogens is 1. The van der Waals surface area contributed by atoms with Gasteiger partial charge in [0.05, 0.1) is 12.3 Å². The molecule has 0 aliphatic carbocycles. The van der Waals surface area contributed by atoms with Crippen molar-refractivity contribution in [3.8, 4) is 0 Å². The van der Waals surface area contributed by atoms with Crippen LogP contribution < -0.4 is 0 Å². The predicted molar refractivity (Wildman–Crippen MR) is 50.5 cm³/mol. The molecule has 0 aliphatic heterocycles. The Bertz CT molecular complexity index is 313. The van der Waals surface area contributed by atoms with Crippen LogP contribution in [0.25, 0.3) is 0 Å². The van der Waals surface area contributed by atoms with Gasteiger partial charge in [0, 0.05) is 12.0 Å². The molecule has 1 aromatic heterocycles. The Labute approximate surface area is 78.1 Å². The average Bonchev–Trinajstić information content (AvgIpc) is 2.37. The van der Waals surface area contributed by atoms with Crippen molar-refractivity contribution in [3.05, 3.63) is 28.7 Å². The van der Waals surface area contributed by atoms with Crippen molar-refractivity contribution in [2.45, 2.75) is 27.2 Å². The number of nitrogens with zero attached hydrogens (tertiary/aromatic N) is 1. The zero-order chi connectivity index (χ0) is 9.84. The Morgan fingerprint density at radius 1 is 1.54 bits per heavy atom. The lowest BCUT2D eigenvalue weighted by Crippen LogP contribution is -1.91. The Kier molecular flexibility index (Phi) is 3.25. The third-order valence-electron chi connectivity index (χ3n) is 2.14. The van der Waals surface area contributed by atoms with Crippen molar-refractivity contribution in [1.82, 2.24) is 5.16 Å². The second kappa shape index (κ2) is 4.23. The maximum absolute atomic E-state index is 8.67. The van der Waals surface area contributed by atoms with Crippen molar-refractivity contribution in [1.29, 1.82) is 0 Å². The van der Waals surface area contributed by atoms with E-state index in [0.29, 0.717) is 0 Å². The van der Waals surface area contributed by atoms with Crippen LogP contribution in [-0.2, 0) is 6.42 Å². The van der Waals surface area contributed by atoms with Crippen molar-refractivity contribution in [2.24, 2.45) is 0 Å². The summed E-state index contributed by atoms with van der Waals surface area (Å²) in [6.45, 7) is 5.95. The lowest BCUT2D eigenvalue weighted by molar-refractivity contribution is 0.341. The van der Waals surface area contributed by atoms with Crippen LogP contribution in [0.3, 0.4) is 0 Å². The van der Waals surface area contributed by atoms with E-state index in [2.05, 4.69) is 5.16 Å². The van der Waals surface area contributed by atoms with Crippen LogP contribution in [0.4, 0.5) is 0 Å². The summed E-state index contributed by atoms with van der Waals surface area (Å²) in [6.07, 6.45) is 2.53. The van der Waals surface area contributed by atoms with Crippen molar-refractivity contribution >= 4 is 0 Å². The molecule has 0 spiro atoms. The van der Waals surface area contributed by atoms with E-state index in [9.17, 15) is 0 Å². The summed E-state index contributed by atoms with van der Waals surface area (Å²) in [5.41, 5.74) is 3.17. The largest absolute Gasteiger partial charge is 0.392 e. The fraction of sp³-hybridized carbons (Fsp3) is 0.500. The Morgan fingerprint density at radius 3 is 2.69 bits per heavy atom. The monoisotopic (exact) mass is 181 g/mol. The van der Waals surface area contributed by atoms with E-state index in [-0.39, 0.29) is 6.61 Å². The summed E-state index contributed by atoms with van der Waals surface area (Å²) in [7, 11) is 0. The molecule has 1 rings (SSSR count). The van der Waals surface area contributed by atoms with E-state index in [4.69, 9.17) is 9.63 Å². The second-order valence-corrected chi connectivity index (χ2v) is 3.22. The molecule has 0 unspecified atom stereocenters. The molecule has 0 saturated carbocycles. The molecule has 0 radical (unpaired) electrons. The third-order valence-corrected chi connectivity index (χ3v) is 2.14. The van der Waals surface area contributed by atoms with Crippen LogP contribution in [0.1, 0.15) is 23.9 Å². The second-order valence-electron chi connectivity index (χ2n) is 3.22. The van der Waals surface area contributed by atoms with Crippen molar-refractivity contribution in [3.63, 3.8) is 0 Å². The first-order valence-electron chi connectivity index (χ1n) is 4.33. The minimum atomic E-state index is 0.0850. The highest BCUT2D eigenvalue weighted by Gasteiger charge is 2.07. The van der Waals surface area contributed by atoms with E-state index >= 15 is 0 Å². The molecular formula is C10H15NO2. The molecule has 0 aromatic carbocycles. The highest BCUT2D eigenvalue weighted by molar-refractivity contribution is 5.24. The predicted octanol–water partition coefficient (Wildman–Crippen LogP) is 1.77. The van der Waals surface area contributed by atoms with Gasteiger partial charge in [-0.25, -0.2) is 0 Å². The summed E-state index contributed by atoms with van der Waals surface area (Å²) >= 11 is 0. The molecule has 0 fully saturated rings. The van der Waals surface area contributed by atoms with E-state index in [1.165, 1.54) is 0 Å². The number of aliphatic hydroxyl groups excluding tert-OH is 1. The van der Waals surface area contributed by atoms with Crippen LogP contribution >= 0.6 is 0 Å². The van der Waals surface area contributed by atoms with Gasteiger partial charge in [-0.15, -0.1) is 0 Å². The molecule has 1 heterocycles. The Balaban J connectivity index is 2.75. The minimum Gasteiger partial charge on any atom is -0.392 e. The van der Waals surface area contributed by atoms with Gasteiger partial charge in [-0.05, 0) is 20.8 Å². The molecule has 0 amide bonds. The molecule has 72 valence electrons. The van der Waals surface area contributed by atoms with Gasteiger partial charge in [0.25, 0.3) is 0 Å². The number of rotatable bonds is 3. The van der Waals surface area contributed by atoms with Crippen molar-refractivity contribution < 1.29 is 9.63 Å². The van der Waals surface area contributed by atoms with Gasteiger partial charge >= 0.3 is 0 Å². The first kappa shape index (κ1) is 9.99. The Hall–Kier alpha value is -1.09. The number of aliphatic hydroxyl groups is 1. The number of hydrogen-bond acceptors (Lipinski definition) is 3. The number of allylic oxidation sites excluding steroid dienone is 1. The molecule has 3 nitrogen and oxygen atoms in total. The molecule has 13 heavy (non-hydrogen) atoms. The highest BCUT2D eigenvalue weighted by atomic mass is 16.5. The molecular weight excluding hydrogens is 166 g/mol. The van der Waals surface area contributed by atoms with E-state index in [0.717, 1.165) is 29.0 Å². The summed E-state index contributed by atoms with van der Waals surface area (Å²) in [5, 5.41) is 12.6. The van der Waals surface area contributed by atoms with Gasteiger partial charge in [-0.3, -0.25) is 0 Å². The lowest BCUT2D eigenvalue weighted by atomic mass is 10.1. The summed E-state index contributed by atoms with van der Waals surface area (Å²) < 4.78 is 5.03. The minimum absolute atomic E-state index is 0.0850. The molecule has 0 atom stereocenters. The van der Waals surface area contributed by atoms with Crippen LogP contribution in [0.2, 0.25) is 0 Å². The van der Waals surface area contributed by atoms with Gasteiger partial charge in [-0.2, -0.15) is 0 Å². The molecule has 1 N–H and O–H groups in total. The topological polar surface area (TPSA) is 46.3 Å². The first-order chi connectivity index (χ1) is 6.15. The fourth-order valence-corrected chi connectivity index (χ4v) is 1.12. The quantitative estimate of drug-likeness (QED) is 0.723. The zero-order valence-corrected chi connectivity index (χ0v) is 8.29. The third kappa shape index (κ3) is 2.42. The molecule has 0 bridgehead atoms. The normalized spacial score (nSPS) is 12.2. The summed E-state index contributed by atoms with van der Waals surface area (Å²) in [6, 6.07) is 0. The maximum Gasteiger partial charge on any atom is 0.136 e. The average molecular weight is 181 g/mol. The lowest BCUT2D eigenvalue weighted by Gasteiger charge is -1.97. The van der Waals surface area contributed by atoms with Crippen LogP contribution in [0, 0.1) is 13.8 Å².